The van der Waals surface area contributed by atoms with Gasteiger partial charge in [-0.2, -0.15) is 0 Å². The number of ether oxygens (including phenoxy) is 1. The maximum absolute atomic E-state index is 12.9. The molecule has 2 aromatic carbocycles. The summed E-state index contributed by atoms with van der Waals surface area (Å²) in [4.78, 5) is 13.3. The molecule has 0 bridgehead atoms. The summed E-state index contributed by atoms with van der Waals surface area (Å²) in [6.45, 7) is 2.08. The highest BCUT2D eigenvalue weighted by molar-refractivity contribution is 7.99. The third-order valence-corrected chi connectivity index (χ3v) is 3.65. The molecule has 0 saturated heterocycles. The monoisotopic (exact) mass is 291 g/mol. The van der Waals surface area contributed by atoms with Gasteiger partial charge < -0.3 is 10.5 Å². The minimum absolute atomic E-state index is 0.289. The topological polar surface area (TPSA) is 52.3 Å². The van der Waals surface area contributed by atoms with E-state index in [0.717, 1.165) is 9.79 Å². The van der Waals surface area contributed by atoms with Gasteiger partial charge in [-0.05, 0) is 49.4 Å². The van der Waals surface area contributed by atoms with Crippen molar-refractivity contribution in [2.75, 3.05) is 12.3 Å². The predicted molar refractivity (Wildman–Crippen MR) is 77.3 cm³/mol. The van der Waals surface area contributed by atoms with E-state index >= 15 is 0 Å². The Balaban J connectivity index is 2.24. The first kappa shape index (κ1) is 14.4. The van der Waals surface area contributed by atoms with E-state index in [4.69, 9.17) is 10.5 Å². The second-order valence-corrected chi connectivity index (χ2v) is 5.14. The van der Waals surface area contributed by atoms with Gasteiger partial charge in [-0.25, -0.2) is 9.18 Å². The smallest absolute Gasteiger partial charge is 0.338 e. The molecule has 0 aliphatic rings. The van der Waals surface area contributed by atoms with Crippen molar-refractivity contribution in [3.05, 3.63) is 53.8 Å². The molecule has 0 unspecified atom stereocenters. The summed E-state index contributed by atoms with van der Waals surface area (Å²) in [6.07, 6.45) is 0. The Kier molecular flexibility index (Phi) is 4.63. The molecule has 0 atom stereocenters. The first-order chi connectivity index (χ1) is 9.60. The molecule has 0 heterocycles. The lowest BCUT2D eigenvalue weighted by Gasteiger charge is -2.08. The zero-order chi connectivity index (χ0) is 14.5. The molecular formula is C15H14FNO2S. The van der Waals surface area contributed by atoms with Crippen LogP contribution in [-0.2, 0) is 4.74 Å². The van der Waals surface area contributed by atoms with E-state index < -0.39 is 0 Å². The van der Waals surface area contributed by atoms with Crippen molar-refractivity contribution >= 4 is 23.4 Å². The van der Waals surface area contributed by atoms with Gasteiger partial charge in [0.1, 0.15) is 5.82 Å². The van der Waals surface area contributed by atoms with E-state index in [1.807, 2.05) is 0 Å². The van der Waals surface area contributed by atoms with Crippen LogP contribution in [-0.4, -0.2) is 12.6 Å². The number of carbonyl (C=O) groups is 1. The molecule has 20 heavy (non-hydrogen) atoms. The highest BCUT2D eigenvalue weighted by Gasteiger charge is 2.10. The Morgan fingerprint density at radius 2 is 1.95 bits per heavy atom. The molecule has 0 aliphatic heterocycles. The van der Waals surface area contributed by atoms with Crippen LogP contribution in [0.1, 0.15) is 17.3 Å². The predicted octanol–water partition coefficient (Wildman–Crippen LogP) is 3.74. The zero-order valence-electron chi connectivity index (χ0n) is 10.9. The average molecular weight is 291 g/mol. The molecule has 2 aromatic rings. The quantitative estimate of drug-likeness (QED) is 0.688. The molecule has 5 heteroatoms. The highest BCUT2D eigenvalue weighted by atomic mass is 32.2. The van der Waals surface area contributed by atoms with E-state index in [-0.39, 0.29) is 11.8 Å². The Morgan fingerprint density at radius 3 is 2.60 bits per heavy atom. The summed E-state index contributed by atoms with van der Waals surface area (Å²) in [6, 6.07) is 11.1. The number of halogens is 1. The Labute approximate surface area is 120 Å². The van der Waals surface area contributed by atoms with Gasteiger partial charge in [0.15, 0.2) is 0 Å². The third kappa shape index (κ3) is 3.51. The summed E-state index contributed by atoms with van der Waals surface area (Å²) >= 11 is 1.37. The SMILES string of the molecule is CCOC(=O)c1ccc(N)c(Sc2ccc(F)cc2)c1. The second kappa shape index (κ2) is 6.43. The van der Waals surface area contributed by atoms with Crippen molar-refractivity contribution < 1.29 is 13.9 Å². The number of hydrogen-bond acceptors (Lipinski definition) is 4. The third-order valence-electron chi connectivity index (χ3n) is 2.57. The summed E-state index contributed by atoms with van der Waals surface area (Å²) in [5, 5.41) is 0. The molecule has 0 fully saturated rings. The minimum Gasteiger partial charge on any atom is -0.462 e. The maximum Gasteiger partial charge on any atom is 0.338 e. The van der Waals surface area contributed by atoms with Gasteiger partial charge in [-0.1, -0.05) is 11.8 Å². The summed E-state index contributed by atoms with van der Waals surface area (Å²) in [7, 11) is 0. The first-order valence-corrected chi connectivity index (χ1v) is 6.92. The van der Waals surface area contributed by atoms with Gasteiger partial charge in [0, 0.05) is 15.5 Å². The fourth-order valence-corrected chi connectivity index (χ4v) is 2.49. The number of esters is 1. The number of nitrogens with two attached hydrogens (primary N) is 1. The molecule has 104 valence electrons. The molecule has 2 rings (SSSR count). The van der Waals surface area contributed by atoms with Gasteiger partial charge >= 0.3 is 5.97 Å². The van der Waals surface area contributed by atoms with Gasteiger partial charge in [-0.15, -0.1) is 0 Å². The maximum atomic E-state index is 12.9. The van der Waals surface area contributed by atoms with Crippen LogP contribution in [0.2, 0.25) is 0 Å². The van der Waals surface area contributed by atoms with Crippen LogP contribution < -0.4 is 5.73 Å². The Bertz CT molecular complexity index is 614. The highest BCUT2D eigenvalue weighted by Crippen LogP contribution is 2.32. The number of anilines is 1. The molecule has 0 spiro atoms. The molecule has 0 aliphatic carbocycles. The van der Waals surface area contributed by atoms with Gasteiger partial charge in [0.25, 0.3) is 0 Å². The number of nitrogen functional groups attached to an aromatic ring is 1. The van der Waals surface area contributed by atoms with Crippen LogP contribution >= 0.6 is 11.8 Å². The van der Waals surface area contributed by atoms with E-state index in [1.165, 1.54) is 23.9 Å². The van der Waals surface area contributed by atoms with Crippen molar-refractivity contribution in [1.82, 2.24) is 0 Å². The zero-order valence-corrected chi connectivity index (χ0v) is 11.7. The fraction of sp³-hybridized carbons (Fsp3) is 0.133. The van der Waals surface area contributed by atoms with E-state index in [9.17, 15) is 9.18 Å². The van der Waals surface area contributed by atoms with Crippen LogP contribution in [0.15, 0.2) is 52.3 Å². The lowest BCUT2D eigenvalue weighted by molar-refractivity contribution is 0.0526. The second-order valence-electron chi connectivity index (χ2n) is 4.03. The Hall–Kier alpha value is -2.01. The largest absolute Gasteiger partial charge is 0.462 e. The number of rotatable bonds is 4. The first-order valence-electron chi connectivity index (χ1n) is 6.10. The molecule has 0 amide bonds. The van der Waals surface area contributed by atoms with Crippen molar-refractivity contribution in [2.45, 2.75) is 16.7 Å². The van der Waals surface area contributed by atoms with Crippen LogP contribution in [0.5, 0.6) is 0 Å². The number of benzene rings is 2. The average Bonchev–Trinajstić information content (AvgIpc) is 2.44. The van der Waals surface area contributed by atoms with Crippen molar-refractivity contribution in [2.24, 2.45) is 0 Å². The molecule has 0 aromatic heterocycles. The van der Waals surface area contributed by atoms with Crippen molar-refractivity contribution in [3.63, 3.8) is 0 Å². The van der Waals surface area contributed by atoms with Gasteiger partial charge in [0.2, 0.25) is 0 Å². The van der Waals surface area contributed by atoms with E-state index in [0.29, 0.717) is 17.9 Å². The van der Waals surface area contributed by atoms with Gasteiger partial charge in [-0.3, -0.25) is 0 Å². The van der Waals surface area contributed by atoms with Crippen molar-refractivity contribution in [3.8, 4) is 0 Å². The molecular weight excluding hydrogens is 277 g/mol. The standard InChI is InChI=1S/C15H14FNO2S/c1-2-19-15(18)10-3-8-13(17)14(9-10)20-12-6-4-11(16)5-7-12/h3-9H,2,17H2,1H3. The molecule has 2 N–H and O–H groups in total. The van der Waals surface area contributed by atoms with Crippen LogP contribution in [0, 0.1) is 5.82 Å². The number of carbonyl (C=O) groups excluding carboxylic acids is 1. The normalized spacial score (nSPS) is 10.3. The van der Waals surface area contributed by atoms with Gasteiger partial charge in [0.05, 0.1) is 12.2 Å². The lowest BCUT2D eigenvalue weighted by Crippen LogP contribution is -2.05. The van der Waals surface area contributed by atoms with Crippen molar-refractivity contribution in [1.29, 1.82) is 0 Å². The van der Waals surface area contributed by atoms with E-state index in [2.05, 4.69) is 0 Å². The summed E-state index contributed by atoms with van der Waals surface area (Å²) in [5.41, 5.74) is 6.91. The summed E-state index contributed by atoms with van der Waals surface area (Å²) in [5.74, 6) is -0.670. The molecule has 0 saturated carbocycles. The Morgan fingerprint density at radius 1 is 1.25 bits per heavy atom. The fourth-order valence-electron chi connectivity index (χ4n) is 1.59. The lowest BCUT2D eigenvalue weighted by atomic mass is 10.2. The van der Waals surface area contributed by atoms with Crippen LogP contribution in [0.25, 0.3) is 0 Å². The summed E-state index contributed by atoms with van der Waals surface area (Å²) < 4.78 is 17.8. The van der Waals surface area contributed by atoms with Crippen LogP contribution in [0.4, 0.5) is 10.1 Å². The van der Waals surface area contributed by atoms with E-state index in [1.54, 1.807) is 37.3 Å². The molecule has 3 nitrogen and oxygen atoms in total. The van der Waals surface area contributed by atoms with Crippen LogP contribution in [0.3, 0.4) is 0 Å². The molecule has 0 radical (unpaired) electrons. The number of hydrogen-bond donors (Lipinski definition) is 1. The minimum atomic E-state index is -0.381.